The van der Waals surface area contributed by atoms with E-state index in [4.69, 9.17) is 4.74 Å². The summed E-state index contributed by atoms with van der Waals surface area (Å²) in [6.07, 6.45) is -0.641. The van der Waals surface area contributed by atoms with Crippen LogP contribution in [0.5, 0.6) is 0 Å². The third-order valence-corrected chi connectivity index (χ3v) is 2.94. The molecule has 2 nitrogen and oxygen atoms in total. The van der Waals surface area contributed by atoms with Crippen molar-refractivity contribution in [3.63, 3.8) is 0 Å². The van der Waals surface area contributed by atoms with Crippen molar-refractivity contribution in [1.29, 1.82) is 0 Å². The largest absolute Gasteiger partial charge is 0.465 e. The quantitative estimate of drug-likeness (QED) is 0.481. The van der Waals surface area contributed by atoms with E-state index in [2.05, 4.69) is 0 Å². The molecule has 0 aromatic rings. The van der Waals surface area contributed by atoms with Crippen molar-refractivity contribution >= 4 is 17.7 Å². The summed E-state index contributed by atoms with van der Waals surface area (Å²) < 4.78 is 28.6. The van der Waals surface area contributed by atoms with Gasteiger partial charge < -0.3 is 4.74 Å². The first-order valence-corrected chi connectivity index (χ1v) is 6.19. The van der Waals surface area contributed by atoms with Gasteiger partial charge in [0, 0.05) is 6.42 Å². The molecule has 0 heterocycles. The normalized spacial score (nSPS) is 12.9. The molecule has 0 amide bonds. The average molecular weight is 240 g/mol. The van der Waals surface area contributed by atoms with Gasteiger partial charge in [-0.3, -0.25) is 4.79 Å². The lowest BCUT2D eigenvalue weighted by Gasteiger charge is -2.10. The van der Waals surface area contributed by atoms with Crippen molar-refractivity contribution in [2.45, 2.75) is 44.8 Å². The number of carbonyl (C=O) groups is 1. The smallest absolute Gasteiger partial charge is 0.318 e. The second-order valence-electron chi connectivity index (χ2n) is 3.21. The summed E-state index contributed by atoms with van der Waals surface area (Å²) in [7, 11) is 0. The fraction of sp³-hybridized carbons (Fsp3) is 0.900. The van der Waals surface area contributed by atoms with E-state index in [0.717, 1.165) is 12.8 Å². The number of hydrogen-bond donors (Lipinski definition) is 0. The number of esters is 1. The Bertz CT molecular complexity index is 177. The molecule has 0 aromatic carbocycles. The Labute approximate surface area is 93.8 Å². The highest BCUT2D eigenvalue weighted by Gasteiger charge is 2.15. The number of rotatable bonds is 8. The van der Waals surface area contributed by atoms with Crippen LogP contribution in [0.4, 0.5) is 8.78 Å². The minimum Gasteiger partial charge on any atom is -0.465 e. The number of alkyl halides is 2. The zero-order valence-corrected chi connectivity index (χ0v) is 9.99. The Kier molecular flexibility index (Phi) is 8.76. The van der Waals surface area contributed by atoms with Crippen LogP contribution in [0.2, 0.25) is 0 Å². The Morgan fingerprint density at radius 3 is 2.67 bits per heavy atom. The van der Waals surface area contributed by atoms with E-state index in [1.165, 1.54) is 11.8 Å². The van der Waals surface area contributed by atoms with Gasteiger partial charge in [0.2, 0.25) is 6.43 Å². The van der Waals surface area contributed by atoms with Crippen molar-refractivity contribution < 1.29 is 18.3 Å². The topological polar surface area (TPSA) is 26.3 Å². The van der Waals surface area contributed by atoms with Crippen LogP contribution in [0.1, 0.15) is 33.1 Å². The number of halogens is 2. The van der Waals surface area contributed by atoms with Crippen LogP contribution in [0.3, 0.4) is 0 Å². The molecule has 0 aromatic heterocycles. The molecule has 1 atom stereocenters. The third kappa shape index (κ3) is 8.66. The maximum absolute atomic E-state index is 11.8. The fourth-order valence-electron chi connectivity index (χ4n) is 0.836. The maximum atomic E-state index is 11.8. The van der Waals surface area contributed by atoms with E-state index in [1.54, 1.807) is 6.92 Å². The van der Waals surface area contributed by atoms with Gasteiger partial charge in [-0.25, -0.2) is 8.78 Å². The van der Waals surface area contributed by atoms with Gasteiger partial charge in [-0.2, -0.15) is 0 Å². The number of carbonyl (C=O) groups excluding carboxylic acids is 1. The van der Waals surface area contributed by atoms with Gasteiger partial charge in [-0.1, -0.05) is 13.3 Å². The fourth-order valence-corrected chi connectivity index (χ4v) is 1.71. The lowest BCUT2D eigenvalue weighted by atomic mass is 10.4. The highest BCUT2D eigenvalue weighted by atomic mass is 32.2. The number of ether oxygens (including phenoxy) is 1. The summed E-state index contributed by atoms with van der Waals surface area (Å²) >= 11 is 1.22. The maximum Gasteiger partial charge on any atom is 0.318 e. The van der Waals surface area contributed by atoms with Gasteiger partial charge in [-0.05, 0) is 19.1 Å². The van der Waals surface area contributed by atoms with Crippen molar-refractivity contribution in [1.82, 2.24) is 0 Å². The molecule has 0 N–H and O–H groups in total. The lowest BCUT2D eigenvalue weighted by molar-refractivity contribution is -0.142. The van der Waals surface area contributed by atoms with Crippen LogP contribution >= 0.6 is 11.8 Å². The van der Waals surface area contributed by atoms with Crippen LogP contribution in [0.25, 0.3) is 0 Å². The zero-order valence-electron chi connectivity index (χ0n) is 9.17. The zero-order chi connectivity index (χ0) is 11.7. The van der Waals surface area contributed by atoms with E-state index in [1.807, 2.05) is 6.92 Å². The summed E-state index contributed by atoms with van der Waals surface area (Å²) in [5.41, 5.74) is 0. The minimum absolute atomic E-state index is 0.169. The van der Waals surface area contributed by atoms with Crippen LogP contribution in [-0.4, -0.2) is 30.0 Å². The molecule has 15 heavy (non-hydrogen) atoms. The van der Waals surface area contributed by atoms with Crippen LogP contribution in [0.15, 0.2) is 0 Å². The molecule has 5 heteroatoms. The molecule has 1 unspecified atom stereocenters. The highest BCUT2D eigenvalue weighted by molar-refractivity contribution is 8.00. The highest BCUT2D eigenvalue weighted by Crippen LogP contribution is 2.15. The van der Waals surface area contributed by atoms with E-state index in [-0.39, 0.29) is 17.6 Å². The SMILES string of the molecule is CCCCOC(=O)C(C)SCCC(F)F. The molecule has 0 radical (unpaired) electrons. The molecule has 0 fully saturated rings. The molecule has 0 bridgehead atoms. The number of thioether (sulfide) groups is 1. The van der Waals surface area contributed by atoms with Crippen molar-refractivity contribution in [3.05, 3.63) is 0 Å². The molecule has 0 rings (SSSR count). The van der Waals surface area contributed by atoms with Crippen molar-refractivity contribution in [3.8, 4) is 0 Å². The molecule has 0 saturated heterocycles. The second kappa shape index (κ2) is 8.95. The first-order chi connectivity index (χ1) is 7.07. The molecule has 0 aliphatic rings. The Hall–Kier alpha value is -0.320. The standard InChI is InChI=1S/C10H18F2O2S/c1-3-4-6-14-10(13)8(2)15-7-5-9(11)12/h8-9H,3-7H2,1-2H3. The predicted molar refractivity (Wildman–Crippen MR) is 58.4 cm³/mol. The molecule has 0 aliphatic heterocycles. The Balaban J connectivity index is 3.51. The van der Waals surface area contributed by atoms with Gasteiger partial charge in [0.15, 0.2) is 0 Å². The average Bonchev–Trinajstić information content (AvgIpc) is 2.17. The van der Waals surface area contributed by atoms with Crippen LogP contribution in [-0.2, 0) is 9.53 Å². The van der Waals surface area contributed by atoms with E-state index in [9.17, 15) is 13.6 Å². The van der Waals surface area contributed by atoms with Crippen LogP contribution in [0, 0.1) is 0 Å². The molecule has 0 aliphatic carbocycles. The molecule has 0 spiro atoms. The van der Waals surface area contributed by atoms with E-state index >= 15 is 0 Å². The van der Waals surface area contributed by atoms with Crippen molar-refractivity contribution in [2.75, 3.05) is 12.4 Å². The second-order valence-corrected chi connectivity index (χ2v) is 4.66. The summed E-state index contributed by atoms with van der Waals surface area (Å²) in [4.78, 5) is 11.3. The Morgan fingerprint density at radius 2 is 2.13 bits per heavy atom. The molecular weight excluding hydrogens is 222 g/mol. The number of unbranched alkanes of at least 4 members (excludes halogenated alkanes) is 1. The van der Waals surface area contributed by atoms with Crippen molar-refractivity contribution in [2.24, 2.45) is 0 Å². The van der Waals surface area contributed by atoms with Gasteiger partial charge in [0.25, 0.3) is 0 Å². The molecular formula is C10H18F2O2S. The summed E-state index contributed by atoms with van der Waals surface area (Å²) in [5, 5.41) is -0.347. The van der Waals surface area contributed by atoms with E-state index < -0.39 is 6.43 Å². The van der Waals surface area contributed by atoms with Gasteiger partial charge in [0.05, 0.1) is 11.9 Å². The van der Waals surface area contributed by atoms with Gasteiger partial charge in [-0.15, -0.1) is 11.8 Å². The first-order valence-electron chi connectivity index (χ1n) is 5.14. The molecule has 90 valence electrons. The van der Waals surface area contributed by atoms with Gasteiger partial charge in [0.1, 0.15) is 0 Å². The summed E-state index contributed by atoms with van der Waals surface area (Å²) in [6, 6.07) is 0. The minimum atomic E-state index is -2.29. The van der Waals surface area contributed by atoms with E-state index in [0.29, 0.717) is 12.4 Å². The lowest BCUT2D eigenvalue weighted by Crippen LogP contribution is -2.18. The molecule has 0 saturated carbocycles. The monoisotopic (exact) mass is 240 g/mol. The third-order valence-electron chi connectivity index (χ3n) is 1.78. The predicted octanol–water partition coefficient (Wildman–Crippen LogP) is 3.11. The summed E-state index contributed by atoms with van der Waals surface area (Å²) in [5.74, 6) is -0.00968. The van der Waals surface area contributed by atoms with Gasteiger partial charge >= 0.3 is 5.97 Å². The Morgan fingerprint density at radius 1 is 1.47 bits per heavy atom. The summed E-state index contributed by atoms with van der Waals surface area (Å²) in [6.45, 7) is 4.12. The number of hydrogen-bond acceptors (Lipinski definition) is 3. The van der Waals surface area contributed by atoms with Crippen LogP contribution < -0.4 is 0 Å². The first kappa shape index (κ1) is 14.7.